The minimum absolute atomic E-state index is 0.00465. The molecule has 1 aromatic carbocycles. The Bertz CT molecular complexity index is 723. The monoisotopic (exact) mass is 385 g/mol. The van der Waals surface area contributed by atoms with Crippen LogP contribution in [0.15, 0.2) is 24.3 Å². The Morgan fingerprint density at radius 1 is 1.14 bits per heavy atom. The summed E-state index contributed by atoms with van der Waals surface area (Å²) in [6.45, 7) is 7.69. The number of amides is 3. The first-order valence-corrected chi connectivity index (χ1v) is 10.3. The first kappa shape index (κ1) is 20.4. The summed E-state index contributed by atoms with van der Waals surface area (Å²) in [6, 6.07) is 8.01. The smallest absolute Gasteiger partial charge is 0.228 e. The van der Waals surface area contributed by atoms with Crippen LogP contribution < -0.4 is 10.2 Å². The number of anilines is 1. The molecular weight excluding hydrogens is 354 g/mol. The van der Waals surface area contributed by atoms with Crippen LogP contribution in [0.1, 0.15) is 45.1 Å². The fourth-order valence-corrected chi connectivity index (χ4v) is 3.93. The summed E-state index contributed by atoms with van der Waals surface area (Å²) >= 11 is 0. The van der Waals surface area contributed by atoms with Gasteiger partial charge < -0.3 is 15.1 Å². The largest absolute Gasteiger partial charge is 0.353 e. The Hall–Kier alpha value is -2.37. The van der Waals surface area contributed by atoms with Crippen LogP contribution in [0.3, 0.4) is 0 Å². The highest BCUT2D eigenvalue weighted by Gasteiger charge is 2.38. The first-order chi connectivity index (χ1) is 13.4. The van der Waals surface area contributed by atoms with Gasteiger partial charge in [0.1, 0.15) is 0 Å². The van der Waals surface area contributed by atoms with Crippen molar-refractivity contribution in [3.05, 3.63) is 29.8 Å². The highest BCUT2D eigenvalue weighted by molar-refractivity contribution is 6.00. The van der Waals surface area contributed by atoms with Crippen LogP contribution in [-0.2, 0) is 14.4 Å². The number of aryl methyl sites for hydroxylation is 1. The van der Waals surface area contributed by atoms with Crippen LogP contribution in [0, 0.1) is 18.8 Å². The fourth-order valence-electron chi connectivity index (χ4n) is 3.93. The number of likely N-dealkylation sites (tertiary alicyclic amines) is 1. The van der Waals surface area contributed by atoms with Crippen molar-refractivity contribution in [2.45, 2.75) is 52.5 Å². The molecular formula is C22H31N3O3. The zero-order chi connectivity index (χ0) is 20.3. The van der Waals surface area contributed by atoms with Crippen LogP contribution in [0.4, 0.5) is 5.69 Å². The molecule has 2 heterocycles. The van der Waals surface area contributed by atoms with E-state index in [1.807, 2.05) is 43.0 Å². The maximum Gasteiger partial charge on any atom is 0.228 e. The molecule has 2 fully saturated rings. The maximum atomic E-state index is 12.9. The van der Waals surface area contributed by atoms with Crippen molar-refractivity contribution < 1.29 is 14.4 Å². The van der Waals surface area contributed by atoms with Crippen molar-refractivity contribution in [3.63, 3.8) is 0 Å². The van der Waals surface area contributed by atoms with E-state index < -0.39 is 0 Å². The third kappa shape index (κ3) is 4.54. The summed E-state index contributed by atoms with van der Waals surface area (Å²) in [6.07, 6.45) is 2.56. The molecule has 6 heteroatoms. The number of hydrogen-bond acceptors (Lipinski definition) is 3. The highest BCUT2D eigenvalue weighted by atomic mass is 16.2. The minimum Gasteiger partial charge on any atom is -0.353 e. The van der Waals surface area contributed by atoms with E-state index in [0.717, 1.165) is 17.7 Å². The summed E-state index contributed by atoms with van der Waals surface area (Å²) < 4.78 is 0. The minimum atomic E-state index is -0.292. The van der Waals surface area contributed by atoms with Gasteiger partial charge in [-0.1, -0.05) is 24.6 Å². The lowest BCUT2D eigenvalue weighted by atomic mass is 9.94. The van der Waals surface area contributed by atoms with Gasteiger partial charge in [-0.05, 0) is 45.2 Å². The van der Waals surface area contributed by atoms with Gasteiger partial charge in [-0.15, -0.1) is 0 Å². The Labute approximate surface area is 167 Å². The Balaban J connectivity index is 1.53. The molecule has 0 aliphatic carbocycles. The van der Waals surface area contributed by atoms with Crippen LogP contribution in [-0.4, -0.2) is 48.3 Å². The summed E-state index contributed by atoms with van der Waals surface area (Å²) in [5.41, 5.74) is 1.99. The van der Waals surface area contributed by atoms with E-state index in [1.54, 1.807) is 4.90 Å². The molecule has 0 spiro atoms. The van der Waals surface area contributed by atoms with Crippen LogP contribution in [0.25, 0.3) is 0 Å². The van der Waals surface area contributed by atoms with Gasteiger partial charge in [0.05, 0.1) is 5.92 Å². The highest BCUT2D eigenvalue weighted by Crippen LogP contribution is 2.28. The van der Waals surface area contributed by atoms with E-state index in [-0.39, 0.29) is 42.0 Å². The molecule has 0 aromatic heterocycles. The van der Waals surface area contributed by atoms with Crippen LogP contribution in [0.2, 0.25) is 0 Å². The van der Waals surface area contributed by atoms with Gasteiger partial charge in [0.25, 0.3) is 0 Å². The van der Waals surface area contributed by atoms with E-state index in [9.17, 15) is 14.4 Å². The van der Waals surface area contributed by atoms with Crippen molar-refractivity contribution in [3.8, 4) is 0 Å². The molecule has 3 amide bonds. The molecule has 3 rings (SSSR count). The predicted octanol–water partition coefficient (Wildman–Crippen LogP) is 2.50. The molecule has 6 nitrogen and oxygen atoms in total. The molecule has 152 valence electrons. The Morgan fingerprint density at radius 2 is 1.79 bits per heavy atom. The van der Waals surface area contributed by atoms with Crippen molar-refractivity contribution in [2.75, 3.05) is 24.5 Å². The van der Waals surface area contributed by atoms with Gasteiger partial charge in [-0.25, -0.2) is 0 Å². The quantitative estimate of drug-likeness (QED) is 0.847. The number of benzene rings is 1. The second-order valence-corrected chi connectivity index (χ2v) is 8.16. The predicted molar refractivity (Wildman–Crippen MR) is 109 cm³/mol. The number of piperidine rings is 1. The zero-order valence-electron chi connectivity index (χ0n) is 17.1. The summed E-state index contributed by atoms with van der Waals surface area (Å²) in [5.74, 6) is -0.164. The molecule has 0 saturated carbocycles. The SMILES string of the molecule is CC[C@@H](C)NC(=O)C1CCN(C(=O)[C@@H]2CC(=O)N(c3ccc(C)cc3)C2)CC1. The normalized spacial score (nSPS) is 21.7. The standard InChI is InChI=1S/C22H31N3O3/c1-4-16(3)23-21(27)17-9-11-24(12-10-17)22(28)18-13-20(26)25(14-18)19-7-5-15(2)6-8-19/h5-8,16-18H,4,9-14H2,1-3H3,(H,23,27)/t16-,18-/m1/s1. The maximum absolute atomic E-state index is 12.9. The number of carbonyl (C=O) groups is 3. The molecule has 1 aromatic rings. The molecule has 2 atom stereocenters. The second kappa shape index (κ2) is 8.76. The van der Waals surface area contributed by atoms with Crippen molar-refractivity contribution in [1.29, 1.82) is 0 Å². The van der Waals surface area contributed by atoms with E-state index in [0.29, 0.717) is 32.5 Å². The molecule has 0 radical (unpaired) electrons. The summed E-state index contributed by atoms with van der Waals surface area (Å²) in [5, 5.41) is 3.04. The molecule has 2 aliphatic heterocycles. The van der Waals surface area contributed by atoms with Crippen LogP contribution in [0.5, 0.6) is 0 Å². The number of nitrogens with zero attached hydrogens (tertiary/aromatic N) is 2. The van der Waals surface area contributed by atoms with E-state index in [1.165, 1.54) is 0 Å². The molecule has 0 bridgehead atoms. The van der Waals surface area contributed by atoms with Crippen LogP contribution >= 0.6 is 0 Å². The molecule has 28 heavy (non-hydrogen) atoms. The van der Waals surface area contributed by atoms with Crippen molar-refractivity contribution in [2.24, 2.45) is 11.8 Å². The number of hydrogen-bond donors (Lipinski definition) is 1. The van der Waals surface area contributed by atoms with Gasteiger partial charge in [0.15, 0.2) is 0 Å². The molecule has 2 aliphatic rings. The lowest BCUT2D eigenvalue weighted by Gasteiger charge is -2.33. The molecule has 2 saturated heterocycles. The third-order valence-electron chi connectivity index (χ3n) is 6.00. The van der Waals surface area contributed by atoms with Gasteiger partial charge in [-0.2, -0.15) is 0 Å². The fraction of sp³-hybridized carbons (Fsp3) is 0.591. The van der Waals surface area contributed by atoms with E-state index >= 15 is 0 Å². The number of carbonyl (C=O) groups excluding carboxylic acids is 3. The summed E-state index contributed by atoms with van der Waals surface area (Å²) in [7, 11) is 0. The van der Waals surface area contributed by atoms with Gasteiger partial charge in [0, 0.05) is 43.7 Å². The third-order valence-corrected chi connectivity index (χ3v) is 6.00. The van der Waals surface area contributed by atoms with Gasteiger partial charge in [0.2, 0.25) is 17.7 Å². The Morgan fingerprint density at radius 3 is 2.39 bits per heavy atom. The van der Waals surface area contributed by atoms with Gasteiger partial charge >= 0.3 is 0 Å². The second-order valence-electron chi connectivity index (χ2n) is 8.16. The number of nitrogens with one attached hydrogen (secondary N) is 1. The topological polar surface area (TPSA) is 69.7 Å². The van der Waals surface area contributed by atoms with Crippen molar-refractivity contribution >= 4 is 23.4 Å². The molecule has 0 unspecified atom stereocenters. The lowest BCUT2D eigenvalue weighted by Crippen LogP contribution is -2.46. The molecule has 1 N–H and O–H groups in total. The Kier molecular flexibility index (Phi) is 6.37. The average Bonchev–Trinajstić information content (AvgIpc) is 3.09. The van der Waals surface area contributed by atoms with Gasteiger partial charge in [-0.3, -0.25) is 14.4 Å². The average molecular weight is 386 g/mol. The van der Waals surface area contributed by atoms with E-state index in [4.69, 9.17) is 0 Å². The first-order valence-electron chi connectivity index (χ1n) is 10.3. The lowest BCUT2D eigenvalue weighted by molar-refractivity contribution is -0.139. The number of rotatable bonds is 5. The summed E-state index contributed by atoms with van der Waals surface area (Å²) in [4.78, 5) is 41.2. The van der Waals surface area contributed by atoms with Crippen molar-refractivity contribution in [1.82, 2.24) is 10.2 Å². The van der Waals surface area contributed by atoms with E-state index in [2.05, 4.69) is 12.2 Å². The zero-order valence-corrected chi connectivity index (χ0v) is 17.1.